The Bertz CT molecular complexity index is 296. The van der Waals surface area contributed by atoms with Gasteiger partial charge in [-0.1, -0.05) is 6.92 Å². The van der Waals surface area contributed by atoms with Crippen LogP contribution in [0.15, 0.2) is 12.4 Å². The smallest absolute Gasteiger partial charge is 0.0524 e. The maximum Gasteiger partial charge on any atom is 0.0524 e. The van der Waals surface area contributed by atoms with Crippen molar-refractivity contribution < 1.29 is 0 Å². The summed E-state index contributed by atoms with van der Waals surface area (Å²) >= 11 is 0. The molecule has 1 unspecified atom stereocenters. The monoisotopic (exact) mass is 209 g/mol. The highest BCUT2D eigenvalue weighted by Gasteiger charge is 2.11. The Kier molecular flexibility index (Phi) is 3.91. The van der Waals surface area contributed by atoms with E-state index in [1.165, 1.54) is 5.56 Å². The maximum absolute atomic E-state index is 4.19. The third kappa shape index (κ3) is 4.47. The first-order valence-electron chi connectivity index (χ1n) is 5.62. The van der Waals surface area contributed by atoms with Gasteiger partial charge in [0, 0.05) is 18.8 Å². The van der Waals surface area contributed by atoms with Gasteiger partial charge in [0.05, 0.1) is 6.20 Å². The summed E-state index contributed by atoms with van der Waals surface area (Å²) in [4.78, 5) is 0. The minimum absolute atomic E-state index is 0.217. The first-order valence-corrected chi connectivity index (χ1v) is 5.62. The fraction of sp³-hybridized carbons (Fsp3) is 0.750. The van der Waals surface area contributed by atoms with Crippen LogP contribution in [0, 0.1) is 0 Å². The van der Waals surface area contributed by atoms with Crippen molar-refractivity contribution in [2.24, 2.45) is 7.05 Å². The molecule has 0 aliphatic carbocycles. The minimum atomic E-state index is 0.217. The van der Waals surface area contributed by atoms with Gasteiger partial charge in [-0.05, 0) is 45.2 Å². The van der Waals surface area contributed by atoms with Crippen LogP contribution in [0.2, 0.25) is 0 Å². The molecule has 0 radical (unpaired) electrons. The van der Waals surface area contributed by atoms with E-state index in [1.54, 1.807) is 0 Å². The summed E-state index contributed by atoms with van der Waals surface area (Å²) < 4.78 is 1.86. The summed E-state index contributed by atoms with van der Waals surface area (Å²) in [5, 5.41) is 7.69. The van der Waals surface area contributed by atoms with Crippen LogP contribution in [0.5, 0.6) is 0 Å². The SMILES string of the molecule is CC(CCNC(C)(C)C)c1cnn(C)c1. The van der Waals surface area contributed by atoms with Crippen molar-refractivity contribution in [1.82, 2.24) is 15.1 Å². The third-order valence-electron chi connectivity index (χ3n) is 2.53. The number of nitrogens with zero attached hydrogens (tertiary/aromatic N) is 2. The Morgan fingerprint density at radius 3 is 2.60 bits per heavy atom. The number of aryl methyl sites for hydroxylation is 1. The summed E-state index contributed by atoms with van der Waals surface area (Å²) in [6, 6.07) is 0. The predicted octanol–water partition coefficient (Wildman–Crippen LogP) is 2.30. The van der Waals surface area contributed by atoms with Gasteiger partial charge >= 0.3 is 0 Å². The van der Waals surface area contributed by atoms with Gasteiger partial charge in [0.1, 0.15) is 0 Å². The topological polar surface area (TPSA) is 29.9 Å². The van der Waals surface area contributed by atoms with E-state index in [0.29, 0.717) is 5.92 Å². The fourth-order valence-electron chi connectivity index (χ4n) is 1.52. The summed E-state index contributed by atoms with van der Waals surface area (Å²) in [6.07, 6.45) is 5.21. The molecular formula is C12H23N3. The lowest BCUT2D eigenvalue weighted by molar-refractivity contribution is 0.413. The highest BCUT2D eigenvalue weighted by atomic mass is 15.2. The van der Waals surface area contributed by atoms with Gasteiger partial charge in [0.25, 0.3) is 0 Å². The largest absolute Gasteiger partial charge is 0.312 e. The average Bonchev–Trinajstić information content (AvgIpc) is 2.49. The predicted molar refractivity (Wildman–Crippen MR) is 64.0 cm³/mol. The van der Waals surface area contributed by atoms with Crippen LogP contribution in [0.1, 0.15) is 45.6 Å². The summed E-state index contributed by atoms with van der Waals surface area (Å²) in [7, 11) is 1.96. The van der Waals surface area contributed by atoms with Gasteiger partial charge in [-0.2, -0.15) is 5.10 Å². The molecule has 1 N–H and O–H groups in total. The molecule has 0 bridgehead atoms. The molecule has 0 amide bonds. The Morgan fingerprint density at radius 1 is 1.47 bits per heavy atom. The van der Waals surface area contributed by atoms with Gasteiger partial charge < -0.3 is 5.32 Å². The quantitative estimate of drug-likeness (QED) is 0.824. The molecule has 0 aliphatic rings. The molecule has 1 aromatic heterocycles. The zero-order chi connectivity index (χ0) is 11.5. The molecular weight excluding hydrogens is 186 g/mol. The Hall–Kier alpha value is -0.830. The second-order valence-corrected chi connectivity index (χ2v) is 5.31. The lowest BCUT2D eigenvalue weighted by Gasteiger charge is -2.21. The van der Waals surface area contributed by atoms with Gasteiger partial charge in [0.15, 0.2) is 0 Å². The normalized spacial score (nSPS) is 14.2. The Labute approximate surface area is 92.9 Å². The van der Waals surface area contributed by atoms with Gasteiger partial charge in [0.2, 0.25) is 0 Å². The first-order chi connectivity index (χ1) is 6.88. The molecule has 0 fully saturated rings. The van der Waals surface area contributed by atoms with Crippen molar-refractivity contribution in [1.29, 1.82) is 0 Å². The van der Waals surface area contributed by atoms with Crippen molar-refractivity contribution in [3.63, 3.8) is 0 Å². The fourth-order valence-corrected chi connectivity index (χ4v) is 1.52. The molecule has 0 aromatic carbocycles. The number of hydrogen-bond donors (Lipinski definition) is 1. The van der Waals surface area contributed by atoms with Crippen LogP contribution in [-0.2, 0) is 7.05 Å². The lowest BCUT2D eigenvalue weighted by atomic mass is 10.0. The van der Waals surface area contributed by atoms with E-state index >= 15 is 0 Å². The van der Waals surface area contributed by atoms with Gasteiger partial charge in [-0.3, -0.25) is 4.68 Å². The van der Waals surface area contributed by atoms with E-state index in [9.17, 15) is 0 Å². The van der Waals surface area contributed by atoms with Crippen LogP contribution in [0.25, 0.3) is 0 Å². The van der Waals surface area contributed by atoms with Gasteiger partial charge in [-0.15, -0.1) is 0 Å². The molecule has 1 aromatic rings. The number of rotatable bonds is 4. The van der Waals surface area contributed by atoms with Crippen LogP contribution in [0.3, 0.4) is 0 Å². The maximum atomic E-state index is 4.19. The van der Waals surface area contributed by atoms with Crippen LogP contribution in [-0.4, -0.2) is 21.9 Å². The third-order valence-corrected chi connectivity index (χ3v) is 2.53. The molecule has 1 rings (SSSR count). The summed E-state index contributed by atoms with van der Waals surface area (Å²) in [5.41, 5.74) is 1.54. The van der Waals surface area contributed by atoms with Crippen molar-refractivity contribution in [2.75, 3.05) is 6.54 Å². The zero-order valence-corrected chi connectivity index (χ0v) is 10.5. The number of nitrogens with one attached hydrogen (secondary N) is 1. The highest BCUT2D eigenvalue weighted by Crippen LogP contribution is 2.17. The zero-order valence-electron chi connectivity index (χ0n) is 10.5. The molecule has 0 spiro atoms. The van der Waals surface area contributed by atoms with E-state index in [1.807, 2.05) is 17.9 Å². The molecule has 1 heterocycles. The molecule has 0 saturated heterocycles. The Balaban J connectivity index is 2.34. The molecule has 1 atom stereocenters. The summed E-state index contributed by atoms with van der Waals surface area (Å²) in [6.45, 7) is 9.89. The number of hydrogen-bond acceptors (Lipinski definition) is 2. The molecule has 3 nitrogen and oxygen atoms in total. The molecule has 0 aliphatic heterocycles. The Morgan fingerprint density at radius 2 is 2.13 bits per heavy atom. The standard InChI is InChI=1S/C12H23N3/c1-10(6-7-13-12(2,3)4)11-8-14-15(5)9-11/h8-10,13H,6-7H2,1-5H3. The molecule has 86 valence electrons. The van der Waals surface area contributed by atoms with Crippen LogP contribution in [0.4, 0.5) is 0 Å². The highest BCUT2D eigenvalue weighted by molar-refractivity contribution is 5.09. The van der Waals surface area contributed by atoms with E-state index < -0.39 is 0 Å². The molecule has 15 heavy (non-hydrogen) atoms. The molecule has 0 saturated carbocycles. The van der Waals surface area contributed by atoms with Crippen molar-refractivity contribution in [3.8, 4) is 0 Å². The van der Waals surface area contributed by atoms with E-state index in [2.05, 4.69) is 44.3 Å². The first kappa shape index (κ1) is 12.2. The van der Waals surface area contributed by atoms with Crippen molar-refractivity contribution in [3.05, 3.63) is 18.0 Å². The minimum Gasteiger partial charge on any atom is -0.312 e. The van der Waals surface area contributed by atoms with Gasteiger partial charge in [-0.25, -0.2) is 0 Å². The van der Waals surface area contributed by atoms with E-state index in [4.69, 9.17) is 0 Å². The summed E-state index contributed by atoms with van der Waals surface area (Å²) in [5.74, 6) is 0.577. The van der Waals surface area contributed by atoms with Crippen molar-refractivity contribution >= 4 is 0 Å². The number of aromatic nitrogens is 2. The lowest BCUT2D eigenvalue weighted by Crippen LogP contribution is -2.36. The van der Waals surface area contributed by atoms with Crippen molar-refractivity contribution in [2.45, 2.75) is 45.6 Å². The molecule has 3 heteroatoms. The van der Waals surface area contributed by atoms with E-state index in [0.717, 1.165) is 13.0 Å². The average molecular weight is 209 g/mol. The second kappa shape index (κ2) is 4.79. The second-order valence-electron chi connectivity index (χ2n) is 5.31. The van der Waals surface area contributed by atoms with Crippen LogP contribution >= 0.6 is 0 Å². The van der Waals surface area contributed by atoms with E-state index in [-0.39, 0.29) is 5.54 Å². The van der Waals surface area contributed by atoms with Crippen LogP contribution < -0.4 is 5.32 Å².